The molecule has 2 rings (SSSR count). The molecule has 0 spiro atoms. The van der Waals surface area contributed by atoms with Gasteiger partial charge in [0, 0.05) is 11.1 Å². The summed E-state index contributed by atoms with van der Waals surface area (Å²) >= 11 is 4.93. The standard InChI is InChI=1S/C70H121BrN2O13S/c1-5-8-11-14-17-20-24-36-52-81-68(76)84-55-39-28-32-46-72(45-31-23-27-35-51-80-67(75)44-43-63(74)66-59-61-58-64(79-4)62(71)60-65(61)87-66)49-42-50-73(47-33-29-40-56-85-69(77)82-53-37-25-21-18-15-12-9-6-2)48-34-30-41-57-86-70(78)83-54-38-26-22-19-16-13-10-7-3/h58-60H,5-57H2,1-4H3. The largest absolute Gasteiger partial charge is 0.508 e. The zero-order chi connectivity index (χ0) is 62.9. The molecule has 0 atom stereocenters. The van der Waals surface area contributed by atoms with Gasteiger partial charge in [0.25, 0.3) is 0 Å². The third-order valence-electron chi connectivity index (χ3n) is 15.9. The normalized spacial score (nSPS) is 11.4. The minimum absolute atomic E-state index is 0.0565. The highest BCUT2D eigenvalue weighted by Gasteiger charge is 2.16. The van der Waals surface area contributed by atoms with Crippen LogP contribution < -0.4 is 4.74 Å². The number of esters is 1. The lowest BCUT2D eigenvalue weighted by atomic mass is 10.1. The van der Waals surface area contributed by atoms with Gasteiger partial charge in [0.2, 0.25) is 0 Å². The SMILES string of the molecule is CCCCCCCCCCOC(=O)OCCCCCN(CCCCCCOC(=O)CCC(=O)c1cc2cc(OC)c(Br)cc2s1)CCCN(CCCCCOC(=O)OCCCCCCCCCC)CCCCCOC(=O)OCCCCCCCCCC. The minimum atomic E-state index is -0.567. The number of nitrogens with zero attached hydrogens (tertiary/aromatic N) is 2. The van der Waals surface area contributed by atoms with Gasteiger partial charge >= 0.3 is 24.4 Å². The first-order valence-electron chi connectivity index (χ1n) is 34.9. The number of methoxy groups -OCH3 is 1. The predicted octanol–water partition coefficient (Wildman–Crippen LogP) is 20.1. The molecule has 0 amide bonds. The number of carbonyl (C=O) groups is 5. The van der Waals surface area contributed by atoms with E-state index >= 15 is 0 Å². The molecule has 0 aliphatic carbocycles. The molecule has 0 saturated heterocycles. The molecule has 0 aliphatic rings. The van der Waals surface area contributed by atoms with Crippen molar-refractivity contribution in [3.05, 3.63) is 27.5 Å². The summed E-state index contributed by atoms with van der Waals surface area (Å²) in [6.07, 6.45) is 40.1. The van der Waals surface area contributed by atoms with Crippen LogP contribution in [0.1, 0.15) is 287 Å². The van der Waals surface area contributed by atoms with Gasteiger partial charge in [-0.2, -0.15) is 0 Å². The predicted molar refractivity (Wildman–Crippen MR) is 358 cm³/mol. The van der Waals surface area contributed by atoms with Crippen LogP contribution in [0.15, 0.2) is 22.7 Å². The average molecular weight is 1310 g/mol. The molecule has 0 N–H and O–H groups in total. The second kappa shape index (κ2) is 57.5. The molecule has 0 bridgehead atoms. The smallest absolute Gasteiger partial charge is 0.496 e. The summed E-state index contributed by atoms with van der Waals surface area (Å²) in [5.74, 6) is 0.291. The van der Waals surface area contributed by atoms with Gasteiger partial charge in [-0.3, -0.25) is 9.59 Å². The molecule has 502 valence electrons. The molecule has 0 radical (unpaired) electrons. The zero-order valence-corrected chi connectivity index (χ0v) is 57.6. The van der Waals surface area contributed by atoms with Crippen molar-refractivity contribution in [2.75, 3.05) is 92.6 Å². The maximum Gasteiger partial charge on any atom is 0.508 e. The molecule has 87 heavy (non-hydrogen) atoms. The van der Waals surface area contributed by atoms with Crippen LogP contribution >= 0.6 is 27.3 Å². The Morgan fingerprint density at radius 1 is 0.368 bits per heavy atom. The summed E-state index contributed by atoms with van der Waals surface area (Å²) in [6, 6.07) is 5.71. The van der Waals surface area contributed by atoms with Crippen molar-refractivity contribution in [2.45, 2.75) is 278 Å². The van der Waals surface area contributed by atoms with Crippen molar-refractivity contribution < 1.29 is 61.9 Å². The number of hydrogen-bond donors (Lipinski definition) is 0. The van der Waals surface area contributed by atoms with Gasteiger partial charge in [-0.05, 0) is 175 Å². The number of rotatable bonds is 61. The number of ketones is 1. The number of halogens is 1. The summed E-state index contributed by atoms with van der Waals surface area (Å²) in [5, 5.41) is 0.934. The number of carbonyl (C=O) groups excluding carboxylic acids is 5. The van der Waals surface area contributed by atoms with E-state index in [-0.39, 0.29) is 24.6 Å². The van der Waals surface area contributed by atoms with Crippen LogP contribution in [-0.4, -0.2) is 133 Å². The first kappa shape index (κ1) is 79.4. The number of benzene rings is 1. The van der Waals surface area contributed by atoms with Crippen molar-refractivity contribution >= 4 is 67.6 Å². The third-order valence-corrected chi connectivity index (χ3v) is 17.6. The van der Waals surface area contributed by atoms with E-state index in [1.165, 1.54) is 127 Å². The van der Waals surface area contributed by atoms with E-state index in [1.54, 1.807) is 7.11 Å². The van der Waals surface area contributed by atoms with Crippen molar-refractivity contribution in [3.63, 3.8) is 0 Å². The topological polar surface area (TPSA) is 166 Å². The molecule has 17 heteroatoms. The second-order valence-corrected chi connectivity index (χ2v) is 25.6. The number of ether oxygens (including phenoxy) is 8. The molecular weight excluding hydrogens is 1190 g/mol. The Labute approximate surface area is 539 Å². The summed E-state index contributed by atoms with van der Waals surface area (Å²) in [4.78, 5) is 68.1. The van der Waals surface area contributed by atoms with Gasteiger partial charge in [-0.1, -0.05) is 168 Å². The van der Waals surface area contributed by atoms with Crippen LogP contribution in [0.3, 0.4) is 0 Å². The maximum absolute atomic E-state index is 13.0. The van der Waals surface area contributed by atoms with E-state index in [0.717, 1.165) is 182 Å². The van der Waals surface area contributed by atoms with E-state index in [0.29, 0.717) is 56.9 Å². The molecule has 0 saturated carbocycles. The van der Waals surface area contributed by atoms with Gasteiger partial charge in [0.15, 0.2) is 5.78 Å². The summed E-state index contributed by atoms with van der Waals surface area (Å²) < 4.78 is 45.0. The first-order valence-corrected chi connectivity index (χ1v) is 36.5. The number of thiophene rings is 1. The summed E-state index contributed by atoms with van der Waals surface area (Å²) in [7, 11) is 1.61. The summed E-state index contributed by atoms with van der Waals surface area (Å²) in [6.45, 7) is 15.1. The minimum Gasteiger partial charge on any atom is -0.496 e. The lowest BCUT2D eigenvalue weighted by molar-refractivity contribution is -0.143. The Kier molecular flexibility index (Phi) is 52.5. The lowest BCUT2D eigenvalue weighted by Gasteiger charge is -2.26. The van der Waals surface area contributed by atoms with Gasteiger partial charge in [-0.15, -0.1) is 11.3 Å². The molecule has 0 unspecified atom stereocenters. The highest BCUT2D eigenvalue weighted by atomic mass is 79.9. The van der Waals surface area contributed by atoms with E-state index in [4.69, 9.17) is 37.9 Å². The van der Waals surface area contributed by atoms with Crippen LogP contribution in [0.25, 0.3) is 10.1 Å². The molecule has 15 nitrogen and oxygen atoms in total. The van der Waals surface area contributed by atoms with Crippen LogP contribution in [0.4, 0.5) is 14.4 Å². The zero-order valence-electron chi connectivity index (χ0n) is 55.2. The number of hydrogen-bond acceptors (Lipinski definition) is 16. The Morgan fingerprint density at radius 2 is 0.667 bits per heavy atom. The van der Waals surface area contributed by atoms with Gasteiger partial charge in [0.05, 0.1) is 69.1 Å². The fraction of sp³-hybridized carbons (Fsp3) is 0.814. The van der Waals surface area contributed by atoms with Gasteiger partial charge < -0.3 is 47.7 Å². The molecule has 0 fully saturated rings. The van der Waals surface area contributed by atoms with Gasteiger partial charge in [-0.25, -0.2) is 14.4 Å². The quantitative estimate of drug-likeness (QED) is 0.0265. The van der Waals surface area contributed by atoms with Crippen molar-refractivity contribution in [1.29, 1.82) is 0 Å². The van der Waals surface area contributed by atoms with E-state index in [2.05, 4.69) is 46.5 Å². The van der Waals surface area contributed by atoms with Crippen LogP contribution in [-0.2, 0) is 38.0 Å². The Bertz CT molecular complexity index is 1960. The molecule has 0 aliphatic heterocycles. The van der Waals surface area contributed by atoms with Crippen LogP contribution in [0.5, 0.6) is 5.75 Å². The maximum atomic E-state index is 13.0. The highest BCUT2D eigenvalue weighted by molar-refractivity contribution is 9.10. The Morgan fingerprint density at radius 3 is 1.01 bits per heavy atom. The molecule has 1 heterocycles. The third kappa shape index (κ3) is 46.1. The fourth-order valence-electron chi connectivity index (χ4n) is 10.5. The van der Waals surface area contributed by atoms with E-state index in [1.807, 2.05) is 18.2 Å². The monoisotopic (exact) mass is 1310 g/mol. The number of Topliss-reactive ketones (excluding diaryl/α,β-unsaturated/α-hetero) is 1. The summed E-state index contributed by atoms with van der Waals surface area (Å²) in [5.41, 5.74) is 0. The number of unbranched alkanes of at least 4 members (excludes halogenated alkanes) is 30. The van der Waals surface area contributed by atoms with Crippen molar-refractivity contribution in [2.24, 2.45) is 0 Å². The van der Waals surface area contributed by atoms with Crippen molar-refractivity contribution in [1.82, 2.24) is 9.80 Å². The van der Waals surface area contributed by atoms with Crippen LogP contribution in [0.2, 0.25) is 0 Å². The Hall–Kier alpha value is -3.67. The molecule has 2 aromatic rings. The molecule has 1 aromatic heterocycles. The average Bonchev–Trinajstić information content (AvgIpc) is 2.87. The highest BCUT2D eigenvalue weighted by Crippen LogP contribution is 2.35. The molecular formula is C70H121BrN2O13S. The fourth-order valence-corrected chi connectivity index (χ4v) is 12.2. The van der Waals surface area contributed by atoms with Crippen molar-refractivity contribution in [3.8, 4) is 5.75 Å². The Balaban J connectivity index is 1.85. The number of fused-ring (bicyclic) bond motifs is 1. The lowest BCUT2D eigenvalue weighted by Crippen LogP contribution is -2.32. The van der Waals surface area contributed by atoms with Gasteiger partial charge in [0.1, 0.15) is 5.75 Å². The van der Waals surface area contributed by atoms with E-state index in [9.17, 15) is 24.0 Å². The molecule has 1 aromatic carbocycles. The first-order chi connectivity index (χ1) is 42.6. The van der Waals surface area contributed by atoms with E-state index < -0.39 is 18.5 Å². The van der Waals surface area contributed by atoms with Crippen LogP contribution in [0, 0.1) is 0 Å². The second-order valence-electron chi connectivity index (χ2n) is 23.7.